The summed E-state index contributed by atoms with van der Waals surface area (Å²) < 4.78 is 27.8. The van der Waals surface area contributed by atoms with Gasteiger partial charge in [-0.1, -0.05) is 17.7 Å². The molecule has 1 aromatic carbocycles. The summed E-state index contributed by atoms with van der Waals surface area (Å²) in [6.45, 7) is 2.39. The van der Waals surface area contributed by atoms with Crippen LogP contribution in [0.4, 0.5) is 11.5 Å². The van der Waals surface area contributed by atoms with Gasteiger partial charge in [0, 0.05) is 49.5 Å². The molecule has 4 rings (SSSR count). The van der Waals surface area contributed by atoms with E-state index in [4.69, 9.17) is 11.6 Å². The number of carbonyl (C=O) groups is 1. The first kappa shape index (κ1) is 23.0. The number of halogens is 1. The number of nitrogens with one attached hydrogen (secondary N) is 2. The number of benzene rings is 1. The van der Waals surface area contributed by atoms with Gasteiger partial charge >= 0.3 is 0 Å². The summed E-state index contributed by atoms with van der Waals surface area (Å²) in [5.74, 6) is 0.220. The molecule has 172 valence electrons. The molecule has 1 amide bonds. The maximum absolute atomic E-state index is 12.7. The molecule has 33 heavy (non-hydrogen) atoms. The van der Waals surface area contributed by atoms with E-state index in [1.807, 2.05) is 12.1 Å². The Labute approximate surface area is 198 Å². The van der Waals surface area contributed by atoms with Crippen molar-refractivity contribution in [2.75, 3.05) is 29.3 Å². The van der Waals surface area contributed by atoms with Crippen LogP contribution in [0.3, 0.4) is 0 Å². The number of aromatic nitrogens is 2. The number of anilines is 2. The van der Waals surface area contributed by atoms with Crippen LogP contribution in [0.15, 0.2) is 72.0 Å². The first-order valence-corrected chi connectivity index (χ1v) is 12.4. The Bertz CT molecular complexity index is 1200. The molecule has 8 nitrogen and oxygen atoms in total. The minimum atomic E-state index is -3.90. The molecule has 2 N–H and O–H groups in total. The summed E-state index contributed by atoms with van der Waals surface area (Å²) in [5.41, 5.74) is 1.45. The highest BCUT2D eigenvalue weighted by molar-refractivity contribution is 7.92. The normalized spacial score (nSPS) is 14.6. The van der Waals surface area contributed by atoms with Gasteiger partial charge in [-0.2, -0.15) is 0 Å². The first-order chi connectivity index (χ1) is 15.9. The Morgan fingerprint density at radius 2 is 1.85 bits per heavy atom. The van der Waals surface area contributed by atoms with E-state index in [1.54, 1.807) is 24.5 Å². The van der Waals surface area contributed by atoms with Gasteiger partial charge in [0.1, 0.15) is 5.82 Å². The van der Waals surface area contributed by atoms with Crippen molar-refractivity contribution in [2.24, 2.45) is 5.92 Å². The smallest absolute Gasteiger partial charge is 0.263 e. The molecule has 2 aromatic heterocycles. The number of nitrogens with zero attached hydrogens (tertiary/aromatic N) is 3. The van der Waals surface area contributed by atoms with Crippen LogP contribution in [0, 0.1) is 5.92 Å². The average molecular weight is 486 g/mol. The second kappa shape index (κ2) is 10.2. The molecule has 0 aliphatic carbocycles. The molecule has 0 atom stereocenters. The highest BCUT2D eigenvalue weighted by Gasteiger charge is 2.21. The van der Waals surface area contributed by atoms with E-state index in [2.05, 4.69) is 24.9 Å². The fourth-order valence-electron chi connectivity index (χ4n) is 3.73. The Balaban J connectivity index is 1.33. The maximum Gasteiger partial charge on any atom is 0.263 e. The molecule has 3 aromatic rings. The van der Waals surface area contributed by atoms with E-state index >= 15 is 0 Å². The van der Waals surface area contributed by atoms with Crippen LogP contribution in [0.5, 0.6) is 0 Å². The number of hydrogen-bond donors (Lipinski definition) is 2. The standard InChI is InChI=1S/C23H24ClN5O3S/c24-19-4-5-22(26-16-19)28-33(31,32)21-3-1-2-18(14-21)23(30)27-15-17-8-12-29(13-9-17)20-6-10-25-11-7-20/h1-7,10-11,14,16-17H,8-9,12-13,15H2,(H,26,28)(H,27,30). The molecule has 1 aliphatic heterocycles. The third-order valence-electron chi connectivity index (χ3n) is 5.57. The van der Waals surface area contributed by atoms with E-state index in [1.165, 1.54) is 30.5 Å². The molecule has 1 aliphatic rings. The van der Waals surface area contributed by atoms with Gasteiger partial charge in [-0.15, -0.1) is 0 Å². The lowest BCUT2D eigenvalue weighted by Crippen LogP contribution is -2.38. The summed E-state index contributed by atoms with van der Waals surface area (Å²) in [7, 11) is -3.90. The van der Waals surface area contributed by atoms with Gasteiger partial charge in [-0.05, 0) is 61.2 Å². The summed E-state index contributed by atoms with van der Waals surface area (Å²) in [6, 6.07) is 13.0. The summed E-state index contributed by atoms with van der Waals surface area (Å²) in [4.78, 5) is 23.0. The van der Waals surface area contributed by atoms with Gasteiger partial charge in [0.05, 0.1) is 9.92 Å². The van der Waals surface area contributed by atoms with Crippen molar-refractivity contribution in [1.82, 2.24) is 15.3 Å². The third-order valence-corrected chi connectivity index (χ3v) is 7.14. The number of pyridine rings is 2. The average Bonchev–Trinajstić information content (AvgIpc) is 2.85. The van der Waals surface area contributed by atoms with E-state index in [9.17, 15) is 13.2 Å². The molecule has 0 spiro atoms. The van der Waals surface area contributed by atoms with Gasteiger partial charge < -0.3 is 10.2 Å². The second-order valence-electron chi connectivity index (χ2n) is 7.84. The van der Waals surface area contributed by atoms with Crippen LogP contribution < -0.4 is 14.9 Å². The van der Waals surface area contributed by atoms with Gasteiger partial charge in [0.15, 0.2) is 0 Å². The quantitative estimate of drug-likeness (QED) is 0.530. The molecule has 10 heteroatoms. The Hall–Kier alpha value is -3.17. The minimum Gasteiger partial charge on any atom is -0.371 e. The molecule has 0 unspecified atom stereocenters. The molecule has 3 heterocycles. The van der Waals surface area contributed by atoms with Crippen LogP contribution in [0.1, 0.15) is 23.2 Å². The van der Waals surface area contributed by atoms with E-state index in [0.717, 1.165) is 31.6 Å². The highest BCUT2D eigenvalue weighted by atomic mass is 35.5. The van der Waals surface area contributed by atoms with E-state index < -0.39 is 10.0 Å². The predicted molar refractivity (Wildman–Crippen MR) is 128 cm³/mol. The highest BCUT2D eigenvalue weighted by Crippen LogP contribution is 2.22. The lowest BCUT2D eigenvalue weighted by atomic mass is 9.96. The molecule has 1 fully saturated rings. The largest absolute Gasteiger partial charge is 0.371 e. The third kappa shape index (κ3) is 6.00. The van der Waals surface area contributed by atoms with Crippen LogP contribution >= 0.6 is 11.6 Å². The molecular weight excluding hydrogens is 462 g/mol. The Morgan fingerprint density at radius 3 is 2.55 bits per heavy atom. The van der Waals surface area contributed by atoms with Crippen LogP contribution in [-0.4, -0.2) is 43.9 Å². The summed E-state index contributed by atoms with van der Waals surface area (Å²) in [5, 5.41) is 3.35. The maximum atomic E-state index is 12.7. The van der Waals surface area contributed by atoms with Crippen molar-refractivity contribution in [2.45, 2.75) is 17.7 Å². The molecule has 0 saturated carbocycles. The zero-order valence-electron chi connectivity index (χ0n) is 17.8. The Kier molecular flexibility index (Phi) is 7.10. The first-order valence-electron chi connectivity index (χ1n) is 10.6. The van der Waals surface area contributed by atoms with Crippen molar-refractivity contribution >= 4 is 39.0 Å². The molecule has 0 bridgehead atoms. The van der Waals surface area contributed by atoms with E-state index in [-0.39, 0.29) is 22.2 Å². The van der Waals surface area contributed by atoms with Crippen LogP contribution in [0.25, 0.3) is 0 Å². The van der Waals surface area contributed by atoms with Crippen molar-refractivity contribution in [1.29, 1.82) is 0 Å². The number of hydrogen-bond acceptors (Lipinski definition) is 6. The lowest BCUT2D eigenvalue weighted by molar-refractivity contribution is 0.0944. The summed E-state index contributed by atoms with van der Waals surface area (Å²) in [6.07, 6.45) is 6.86. The van der Waals surface area contributed by atoms with Gasteiger partial charge in [-0.3, -0.25) is 14.5 Å². The van der Waals surface area contributed by atoms with Crippen LogP contribution in [-0.2, 0) is 10.0 Å². The number of sulfonamides is 1. The number of rotatable bonds is 7. The van der Waals surface area contributed by atoms with Crippen molar-refractivity contribution < 1.29 is 13.2 Å². The van der Waals surface area contributed by atoms with Crippen molar-refractivity contribution in [3.05, 3.63) is 77.7 Å². The number of amides is 1. The topological polar surface area (TPSA) is 104 Å². The van der Waals surface area contributed by atoms with Gasteiger partial charge in [0.25, 0.3) is 15.9 Å². The predicted octanol–water partition coefficient (Wildman–Crippen LogP) is 3.58. The van der Waals surface area contributed by atoms with E-state index in [0.29, 0.717) is 17.5 Å². The SMILES string of the molecule is O=C(NCC1CCN(c2ccncc2)CC1)c1cccc(S(=O)(=O)Nc2ccc(Cl)cn2)c1. The monoisotopic (exact) mass is 485 g/mol. The zero-order chi connectivity index (χ0) is 23.3. The summed E-state index contributed by atoms with van der Waals surface area (Å²) >= 11 is 5.79. The fourth-order valence-corrected chi connectivity index (χ4v) is 4.89. The minimum absolute atomic E-state index is 0.0161. The lowest BCUT2D eigenvalue weighted by Gasteiger charge is -2.33. The van der Waals surface area contributed by atoms with Crippen molar-refractivity contribution in [3.63, 3.8) is 0 Å². The van der Waals surface area contributed by atoms with Gasteiger partial charge in [0.2, 0.25) is 0 Å². The number of piperidine rings is 1. The van der Waals surface area contributed by atoms with Gasteiger partial charge in [-0.25, -0.2) is 13.4 Å². The Morgan fingerprint density at radius 1 is 1.09 bits per heavy atom. The zero-order valence-corrected chi connectivity index (χ0v) is 19.4. The molecule has 1 saturated heterocycles. The molecular formula is C23H24ClN5O3S. The number of carbonyl (C=O) groups excluding carboxylic acids is 1. The van der Waals surface area contributed by atoms with Crippen molar-refractivity contribution in [3.8, 4) is 0 Å². The second-order valence-corrected chi connectivity index (χ2v) is 9.96. The fraction of sp³-hybridized carbons (Fsp3) is 0.261. The van der Waals surface area contributed by atoms with Crippen LogP contribution in [0.2, 0.25) is 5.02 Å². The molecule has 0 radical (unpaired) electrons.